The predicted molar refractivity (Wildman–Crippen MR) is 70.9 cm³/mol. The molecule has 2 rings (SSSR count). The van der Waals surface area contributed by atoms with E-state index in [1.807, 2.05) is 13.8 Å². The van der Waals surface area contributed by atoms with Crippen molar-refractivity contribution in [1.29, 1.82) is 0 Å². The van der Waals surface area contributed by atoms with Crippen molar-refractivity contribution >= 4 is 11.9 Å². The van der Waals surface area contributed by atoms with Gasteiger partial charge in [0, 0.05) is 5.92 Å². The van der Waals surface area contributed by atoms with E-state index in [2.05, 4.69) is 0 Å². The molecule has 6 atom stereocenters. The van der Waals surface area contributed by atoms with Gasteiger partial charge in [0.2, 0.25) is 0 Å². The number of carboxylic acids is 1. The molecule has 0 amide bonds. The summed E-state index contributed by atoms with van der Waals surface area (Å²) in [7, 11) is 0. The zero-order valence-corrected chi connectivity index (χ0v) is 12.4. The summed E-state index contributed by atoms with van der Waals surface area (Å²) in [6.45, 7) is 5.99. The van der Waals surface area contributed by atoms with E-state index in [4.69, 9.17) is 20.3 Å². The molecular weight excluding hydrogens is 281 g/mol. The summed E-state index contributed by atoms with van der Waals surface area (Å²) in [6.07, 6.45) is -2.34. The molecule has 0 heterocycles. The molecule has 0 radical (unpaired) electrons. The molecule has 3 N–H and O–H groups in total. The van der Waals surface area contributed by atoms with Crippen molar-refractivity contribution in [2.75, 3.05) is 6.61 Å². The van der Waals surface area contributed by atoms with E-state index in [1.165, 1.54) is 0 Å². The van der Waals surface area contributed by atoms with E-state index in [-0.39, 0.29) is 12.3 Å². The van der Waals surface area contributed by atoms with Gasteiger partial charge in [0.15, 0.2) is 6.29 Å². The number of halogens is 1. The number of hydrogen-bond donors (Lipinski definition) is 2. The molecule has 120 valence electrons. The first-order valence-corrected chi connectivity index (χ1v) is 7.18. The van der Waals surface area contributed by atoms with E-state index in [9.17, 15) is 14.0 Å². The Morgan fingerprint density at radius 2 is 2.05 bits per heavy atom. The van der Waals surface area contributed by atoms with Crippen LogP contribution in [0.15, 0.2) is 0 Å². The van der Waals surface area contributed by atoms with Crippen LogP contribution in [0.25, 0.3) is 0 Å². The average Bonchev–Trinajstić information content (AvgIpc) is 3.02. The quantitative estimate of drug-likeness (QED) is 0.559. The number of carbonyl (C=O) groups excluding carboxylic acids is 1. The zero-order valence-electron chi connectivity index (χ0n) is 12.4. The lowest BCUT2D eigenvalue weighted by Gasteiger charge is -2.25. The molecule has 2 saturated carbocycles. The molecule has 2 aliphatic carbocycles. The minimum absolute atomic E-state index is 0.00549. The maximum atomic E-state index is 13.7. The lowest BCUT2D eigenvalue weighted by Crippen LogP contribution is -2.56. The van der Waals surface area contributed by atoms with Crippen molar-refractivity contribution in [3.63, 3.8) is 0 Å². The number of nitrogens with two attached hydrogens (primary N) is 1. The minimum atomic E-state index is -1.98. The van der Waals surface area contributed by atoms with Crippen LogP contribution in [-0.2, 0) is 19.1 Å². The summed E-state index contributed by atoms with van der Waals surface area (Å²) in [5.41, 5.74) is 3.70. The van der Waals surface area contributed by atoms with E-state index in [0.29, 0.717) is 12.5 Å². The fourth-order valence-electron chi connectivity index (χ4n) is 3.16. The third-order valence-corrected chi connectivity index (χ3v) is 4.31. The van der Waals surface area contributed by atoms with Crippen LogP contribution in [0, 0.1) is 23.7 Å². The summed E-state index contributed by atoms with van der Waals surface area (Å²) in [5.74, 6) is -3.31. The van der Waals surface area contributed by atoms with Gasteiger partial charge in [-0.05, 0) is 25.2 Å². The first-order chi connectivity index (χ1) is 9.69. The SMILES string of the molecule is CC(C)COC(C)OC(=O)[C@H]1C2C[C@H](F)[C@@](N)(C(=O)O)[C@H]21. The zero-order chi connectivity index (χ0) is 15.9. The van der Waals surface area contributed by atoms with Crippen molar-refractivity contribution in [2.24, 2.45) is 29.4 Å². The fourth-order valence-corrected chi connectivity index (χ4v) is 3.16. The van der Waals surface area contributed by atoms with Gasteiger partial charge in [-0.25, -0.2) is 4.39 Å². The smallest absolute Gasteiger partial charge is 0.327 e. The molecule has 6 nitrogen and oxygen atoms in total. The molecule has 7 heteroatoms. The molecule has 2 unspecified atom stereocenters. The number of carbonyl (C=O) groups is 2. The van der Waals surface area contributed by atoms with Crippen molar-refractivity contribution in [2.45, 2.75) is 45.2 Å². The second-order valence-corrected chi connectivity index (χ2v) is 6.39. The van der Waals surface area contributed by atoms with Crippen LogP contribution < -0.4 is 5.73 Å². The van der Waals surface area contributed by atoms with Crippen molar-refractivity contribution in [3.05, 3.63) is 0 Å². The molecule has 2 fully saturated rings. The lowest BCUT2D eigenvalue weighted by atomic mass is 9.90. The third kappa shape index (κ3) is 2.76. The van der Waals surface area contributed by atoms with E-state index in [0.717, 1.165) is 0 Å². The van der Waals surface area contributed by atoms with E-state index in [1.54, 1.807) is 6.92 Å². The Balaban J connectivity index is 1.91. The van der Waals surface area contributed by atoms with Crippen LogP contribution >= 0.6 is 0 Å². The van der Waals surface area contributed by atoms with Gasteiger partial charge in [-0.3, -0.25) is 9.59 Å². The molecule has 0 bridgehead atoms. The summed E-state index contributed by atoms with van der Waals surface area (Å²) >= 11 is 0. The molecular formula is C14H22FNO5. The molecule has 0 aliphatic heterocycles. The summed E-state index contributed by atoms with van der Waals surface area (Å²) in [5, 5.41) is 9.12. The number of fused-ring (bicyclic) bond motifs is 1. The Morgan fingerprint density at radius 3 is 2.57 bits per heavy atom. The molecule has 0 spiro atoms. The van der Waals surface area contributed by atoms with Crippen molar-refractivity contribution in [1.82, 2.24) is 0 Å². The average molecular weight is 303 g/mol. The Kier molecular flexibility index (Phi) is 4.26. The summed E-state index contributed by atoms with van der Waals surface area (Å²) in [4.78, 5) is 23.2. The van der Waals surface area contributed by atoms with E-state index < -0.39 is 41.8 Å². The van der Waals surface area contributed by atoms with Crippen LogP contribution in [0.1, 0.15) is 27.2 Å². The van der Waals surface area contributed by atoms with Crippen molar-refractivity contribution in [3.8, 4) is 0 Å². The first-order valence-electron chi connectivity index (χ1n) is 7.18. The van der Waals surface area contributed by atoms with Crippen LogP contribution in [0.4, 0.5) is 4.39 Å². The minimum Gasteiger partial charge on any atom is -0.480 e. The Hall–Kier alpha value is -1.21. The topological polar surface area (TPSA) is 98.9 Å². The lowest BCUT2D eigenvalue weighted by molar-refractivity contribution is -0.179. The number of alkyl halides is 1. The highest BCUT2D eigenvalue weighted by Gasteiger charge is 2.74. The molecule has 21 heavy (non-hydrogen) atoms. The second-order valence-electron chi connectivity index (χ2n) is 6.39. The third-order valence-electron chi connectivity index (χ3n) is 4.31. The number of esters is 1. The van der Waals surface area contributed by atoms with Crippen LogP contribution in [-0.4, -0.2) is 41.7 Å². The summed E-state index contributed by atoms with van der Waals surface area (Å²) < 4.78 is 24.2. The maximum absolute atomic E-state index is 13.7. The molecule has 0 aromatic heterocycles. The standard InChI is InChI=1S/C14H22FNO5/c1-6(2)5-20-7(3)21-12(17)10-8-4-9(15)14(16,11(8)10)13(18)19/h6-11H,4-5,16H2,1-3H3,(H,18,19)/t7?,8?,9-,10-,11+,14-/m0/s1. The van der Waals surface area contributed by atoms with Gasteiger partial charge in [0.05, 0.1) is 12.5 Å². The number of hydrogen-bond acceptors (Lipinski definition) is 5. The van der Waals surface area contributed by atoms with Gasteiger partial charge >= 0.3 is 11.9 Å². The molecule has 2 aliphatic rings. The van der Waals surface area contributed by atoms with Gasteiger partial charge in [-0.15, -0.1) is 0 Å². The number of aliphatic carboxylic acids is 1. The van der Waals surface area contributed by atoms with E-state index >= 15 is 0 Å². The Labute approximate surface area is 122 Å². The Morgan fingerprint density at radius 1 is 1.43 bits per heavy atom. The highest BCUT2D eigenvalue weighted by Crippen LogP contribution is 2.62. The summed E-state index contributed by atoms with van der Waals surface area (Å²) in [6, 6.07) is 0. The van der Waals surface area contributed by atoms with Crippen LogP contribution in [0.3, 0.4) is 0 Å². The second kappa shape index (κ2) is 5.53. The molecule has 0 aromatic rings. The van der Waals surface area contributed by atoms with Gasteiger partial charge in [-0.1, -0.05) is 13.8 Å². The number of rotatable bonds is 6. The largest absolute Gasteiger partial charge is 0.480 e. The van der Waals surface area contributed by atoms with Gasteiger partial charge < -0.3 is 20.3 Å². The highest BCUT2D eigenvalue weighted by atomic mass is 19.1. The molecule has 0 aromatic carbocycles. The monoisotopic (exact) mass is 303 g/mol. The normalized spacial score (nSPS) is 39.0. The van der Waals surface area contributed by atoms with Gasteiger partial charge in [0.25, 0.3) is 0 Å². The maximum Gasteiger partial charge on any atom is 0.327 e. The Bertz CT molecular complexity index is 443. The fraction of sp³-hybridized carbons (Fsp3) is 0.857. The van der Waals surface area contributed by atoms with Crippen LogP contribution in [0.2, 0.25) is 0 Å². The molecule has 0 saturated heterocycles. The van der Waals surface area contributed by atoms with Crippen molar-refractivity contribution < 1.29 is 28.6 Å². The first kappa shape index (κ1) is 16.2. The number of ether oxygens (including phenoxy) is 2. The van der Waals surface area contributed by atoms with Crippen LogP contribution in [0.5, 0.6) is 0 Å². The number of carboxylic acid groups (broad SMARTS) is 1. The van der Waals surface area contributed by atoms with Gasteiger partial charge in [0.1, 0.15) is 11.7 Å². The van der Waals surface area contributed by atoms with Gasteiger partial charge in [-0.2, -0.15) is 0 Å². The highest BCUT2D eigenvalue weighted by molar-refractivity contribution is 5.86. The predicted octanol–water partition coefficient (Wildman–Crippen LogP) is 0.934.